The summed E-state index contributed by atoms with van der Waals surface area (Å²) in [6.45, 7) is 1.31. The van der Waals surface area contributed by atoms with Gasteiger partial charge in [0.1, 0.15) is 5.82 Å². The number of hydrogen-bond acceptors (Lipinski definition) is 3. The minimum Gasteiger partial charge on any atom is -0.315 e. The maximum Gasteiger partial charge on any atom is 0.236 e. The van der Waals surface area contributed by atoms with E-state index in [0.29, 0.717) is 18.7 Å². The molecule has 0 aliphatic carbocycles. The summed E-state index contributed by atoms with van der Waals surface area (Å²) < 4.78 is 40.0. The Morgan fingerprint density at radius 3 is 2.83 bits per heavy atom. The van der Waals surface area contributed by atoms with Crippen molar-refractivity contribution in [2.75, 3.05) is 17.8 Å². The molecule has 1 fully saturated rings. The Kier molecular flexibility index (Phi) is 4.24. The zero-order valence-corrected chi connectivity index (χ0v) is 12.0. The fraction of sp³-hybridized carbons (Fsp3) is 0.455. The van der Waals surface area contributed by atoms with Gasteiger partial charge in [0.15, 0.2) is 0 Å². The third-order valence-corrected chi connectivity index (χ3v) is 5.28. The van der Waals surface area contributed by atoms with E-state index < -0.39 is 21.1 Å². The Bertz CT molecular complexity index is 530. The van der Waals surface area contributed by atoms with E-state index in [0.717, 1.165) is 13.0 Å². The standard InChI is InChI=1S/C11H14BrFN2O2S/c12-10-6-8(3-4-11(10)13)15-18(16,17)9-2-1-5-14-7-9/h3-4,6,9,14-15H,1-2,5,7H2. The van der Waals surface area contributed by atoms with E-state index >= 15 is 0 Å². The normalized spacial score (nSPS) is 20.7. The van der Waals surface area contributed by atoms with Crippen molar-refractivity contribution in [2.24, 2.45) is 0 Å². The molecule has 1 aliphatic rings. The van der Waals surface area contributed by atoms with Gasteiger partial charge >= 0.3 is 0 Å². The summed E-state index contributed by atoms with van der Waals surface area (Å²) in [5.74, 6) is -0.419. The summed E-state index contributed by atoms with van der Waals surface area (Å²) in [6, 6.07) is 4.05. The molecular formula is C11H14BrFN2O2S. The number of nitrogens with one attached hydrogen (secondary N) is 2. The van der Waals surface area contributed by atoms with E-state index in [4.69, 9.17) is 0 Å². The first kappa shape index (κ1) is 13.8. The number of benzene rings is 1. The van der Waals surface area contributed by atoms with Crippen molar-refractivity contribution in [3.05, 3.63) is 28.5 Å². The van der Waals surface area contributed by atoms with Gasteiger partial charge in [-0.1, -0.05) is 0 Å². The molecule has 0 spiro atoms. The molecule has 0 amide bonds. The Labute approximate surface area is 114 Å². The average Bonchev–Trinajstić information content (AvgIpc) is 2.35. The first-order valence-corrected chi connectivity index (χ1v) is 8.00. The third kappa shape index (κ3) is 3.21. The molecule has 18 heavy (non-hydrogen) atoms. The van der Waals surface area contributed by atoms with Crippen LogP contribution in [0.1, 0.15) is 12.8 Å². The van der Waals surface area contributed by atoms with Gasteiger partial charge in [-0.15, -0.1) is 0 Å². The van der Waals surface area contributed by atoms with Crippen molar-refractivity contribution in [3.63, 3.8) is 0 Å². The molecule has 0 radical (unpaired) electrons. The van der Waals surface area contributed by atoms with Crippen LogP contribution >= 0.6 is 15.9 Å². The van der Waals surface area contributed by atoms with Crippen molar-refractivity contribution < 1.29 is 12.8 Å². The highest BCUT2D eigenvalue weighted by Crippen LogP contribution is 2.22. The van der Waals surface area contributed by atoms with Crippen LogP contribution in [0.15, 0.2) is 22.7 Å². The monoisotopic (exact) mass is 336 g/mol. The van der Waals surface area contributed by atoms with E-state index in [-0.39, 0.29) is 4.47 Å². The Morgan fingerprint density at radius 1 is 1.44 bits per heavy atom. The predicted molar refractivity (Wildman–Crippen MR) is 72.5 cm³/mol. The number of halogens is 2. The summed E-state index contributed by atoms with van der Waals surface area (Å²) in [5.41, 5.74) is 0.369. The highest BCUT2D eigenvalue weighted by atomic mass is 79.9. The quantitative estimate of drug-likeness (QED) is 0.888. The van der Waals surface area contributed by atoms with Crippen molar-refractivity contribution in [3.8, 4) is 0 Å². The van der Waals surface area contributed by atoms with Crippen LogP contribution in [-0.4, -0.2) is 26.8 Å². The fourth-order valence-electron chi connectivity index (χ4n) is 1.89. The predicted octanol–water partition coefficient (Wildman–Crippen LogP) is 2.08. The van der Waals surface area contributed by atoms with E-state index in [1.54, 1.807) is 0 Å². The fourth-order valence-corrected chi connectivity index (χ4v) is 3.71. The second kappa shape index (κ2) is 5.54. The van der Waals surface area contributed by atoms with Crippen molar-refractivity contribution in [1.29, 1.82) is 0 Å². The molecule has 0 saturated carbocycles. The summed E-state index contributed by atoms with van der Waals surface area (Å²) >= 11 is 3.03. The number of rotatable bonds is 3. The zero-order chi connectivity index (χ0) is 13.2. The van der Waals surface area contributed by atoms with Crippen LogP contribution in [0.2, 0.25) is 0 Å². The molecule has 1 aromatic carbocycles. The minimum absolute atomic E-state index is 0.240. The molecule has 1 aliphatic heterocycles. The smallest absolute Gasteiger partial charge is 0.236 e. The van der Waals surface area contributed by atoms with Crippen LogP contribution in [-0.2, 0) is 10.0 Å². The zero-order valence-electron chi connectivity index (χ0n) is 9.62. The maximum atomic E-state index is 13.1. The second-order valence-electron chi connectivity index (χ2n) is 4.24. The van der Waals surface area contributed by atoms with Gasteiger partial charge in [-0.2, -0.15) is 0 Å². The minimum atomic E-state index is -3.42. The molecule has 0 bridgehead atoms. The van der Waals surface area contributed by atoms with Crippen molar-refractivity contribution in [2.45, 2.75) is 18.1 Å². The van der Waals surface area contributed by atoms with Gasteiger partial charge in [0.25, 0.3) is 0 Å². The molecular weight excluding hydrogens is 323 g/mol. The molecule has 100 valence electrons. The van der Waals surface area contributed by atoms with Gasteiger partial charge < -0.3 is 5.32 Å². The highest BCUT2D eigenvalue weighted by molar-refractivity contribution is 9.10. The van der Waals surface area contributed by atoms with Gasteiger partial charge in [-0.25, -0.2) is 12.8 Å². The summed E-state index contributed by atoms with van der Waals surface area (Å²) in [7, 11) is -3.42. The number of sulfonamides is 1. The third-order valence-electron chi connectivity index (χ3n) is 2.87. The van der Waals surface area contributed by atoms with Gasteiger partial charge in [-0.3, -0.25) is 4.72 Å². The van der Waals surface area contributed by atoms with Crippen LogP contribution in [0.25, 0.3) is 0 Å². The van der Waals surface area contributed by atoms with E-state index in [9.17, 15) is 12.8 Å². The highest BCUT2D eigenvalue weighted by Gasteiger charge is 2.27. The van der Waals surface area contributed by atoms with Gasteiger partial charge in [0, 0.05) is 12.2 Å². The molecule has 1 saturated heterocycles. The topological polar surface area (TPSA) is 58.2 Å². The maximum absolute atomic E-state index is 13.1. The lowest BCUT2D eigenvalue weighted by Gasteiger charge is -2.23. The molecule has 7 heteroatoms. The molecule has 1 atom stereocenters. The van der Waals surface area contributed by atoms with Crippen LogP contribution in [0.5, 0.6) is 0 Å². The lowest BCUT2D eigenvalue weighted by molar-refractivity contribution is 0.499. The number of anilines is 1. The molecule has 4 nitrogen and oxygen atoms in total. The van der Waals surface area contributed by atoms with Crippen molar-refractivity contribution >= 4 is 31.6 Å². The second-order valence-corrected chi connectivity index (χ2v) is 7.06. The largest absolute Gasteiger partial charge is 0.315 e. The van der Waals surface area contributed by atoms with Crippen LogP contribution in [0.4, 0.5) is 10.1 Å². The molecule has 0 aromatic heterocycles. The molecule has 1 heterocycles. The molecule has 2 N–H and O–H groups in total. The Morgan fingerprint density at radius 2 is 2.22 bits per heavy atom. The van der Waals surface area contributed by atoms with Gasteiger partial charge in [0.05, 0.1) is 9.72 Å². The van der Waals surface area contributed by atoms with Crippen molar-refractivity contribution in [1.82, 2.24) is 5.32 Å². The van der Waals surface area contributed by atoms with Gasteiger partial charge in [-0.05, 0) is 53.5 Å². The van der Waals surface area contributed by atoms with E-state index in [1.807, 2.05) is 0 Å². The SMILES string of the molecule is O=S(=O)(Nc1ccc(F)c(Br)c1)C1CCCNC1. The molecule has 2 rings (SSSR count). The Balaban J connectivity index is 2.13. The van der Waals surface area contributed by atoms with Crippen LogP contribution in [0.3, 0.4) is 0 Å². The number of hydrogen-bond donors (Lipinski definition) is 2. The average molecular weight is 337 g/mol. The number of piperidine rings is 1. The molecule has 1 unspecified atom stereocenters. The van der Waals surface area contributed by atoms with E-state index in [1.165, 1.54) is 18.2 Å². The van der Waals surface area contributed by atoms with Crippen LogP contribution in [0, 0.1) is 5.82 Å². The van der Waals surface area contributed by atoms with E-state index in [2.05, 4.69) is 26.0 Å². The summed E-state index contributed by atoms with van der Waals surface area (Å²) in [5, 5.41) is 2.62. The first-order valence-electron chi connectivity index (χ1n) is 5.66. The summed E-state index contributed by atoms with van der Waals surface area (Å²) in [4.78, 5) is 0. The molecule has 1 aromatic rings. The van der Waals surface area contributed by atoms with Gasteiger partial charge in [0.2, 0.25) is 10.0 Å². The lowest BCUT2D eigenvalue weighted by Crippen LogP contribution is -2.41. The van der Waals surface area contributed by atoms with Crippen LogP contribution < -0.4 is 10.0 Å². The first-order chi connectivity index (χ1) is 8.49. The summed E-state index contributed by atoms with van der Waals surface area (Å²) in [6.07, 6.45) is 1.49. The Hall–Kier alpha value is -0.660. The lowest BCUT2D eigenvalue weighted by atomic mass is 10.2.